The van der Waals surface area contributed by atoms with Crippen LogP contribution in [0.15, 0.2) is 53.1 Å². The molecule has 2 bridgehead atoms. The maximum Gasteiger partial charge on any atom is 0.152 e. The molecule has 0 spiro atoms. The maximum absolute atomic E-state index is 5.77. The summed E-state index contributed by atoms with van der Waals surface area (Å²) in [7, 11) is 0. The summed E-state index contributed by atoms with van der Waals surface area (Å²) >= 11 is 0. The van der Waals surface area contributed by atoms with E-state index in [1.807, 2.05) is 25.3 Å². The van der Waals surface area contributed by atoms with Crippen LogP contribution in [0, 0.1) is 6.92 Å². The maximum atomic E-state index is 5.77. The lowest BCUT2D eigenvalue weighted by molar-refractivity contribution is 0.109. The lowest BCUT2D eigenvalue weighted by atomic mass is 9.96. The van der Waals surface area contributed by atoms with Gasteiger partial charge in [-0.25, -0.2) is 0 Å². The summed E-state index contributed by atoms with van der Waals surface area (Å²) in [6, 6.07) is 16.9. The molecule has 2 saturated heterocycles. The zero-order valence-corrected chi connectivity index (χ0v) is 16.4. The number of hydrogen-bond acceptors (Lipinski definition) is 4. The van der Waals surface area contributed by atoms with Gasteiger partial charge in [-0.05, 0) is 50.3 Å². The summed E-state index contributed by atoms with van der Waals surface area (Å²) in [5, 5.41) is 11.1. The standard InChI is InChI=1S/C23H28N4O/c1-16-7-10-22(28-16)23-18(14-25-26-23)13-24-19-11-20-8-9-21(12-19)27(20)15-17-5-3-2-4-6-17/h2-7,10,14,19-21,24H,8-9,11-13,15H2,1H3,(H,25,26). The molecule has 2 N–H and O–H groups in total. The molecule has 2 unspecified atom stereocenters. The van der Waals surface area contributed by atoms with Gasteiger partial charge in [0.1, 0.15) is 11.5 Å². The van der Waals surface area contributed by atoms with Crippen LogP contribution < -0.4 is 5.32 Å². The minimum absolute atomic E-state index is 0.575. The van der Waals surface area contributed by atoms with Crippen LogP contribution in [0.1, 0.15) is 42.6 Å². The summed E-state index contributed by atoms with van der Waals surface area (Å²) in [6.07, 6.45) is 7.04. The molecule has 2 aliphatic rings. The number of piperidine rings is 1. The van der Waals surface area contributed by atoms with Gasteiger partial charge in [0.25, 0.3) is 0 Å². The third-order valence-electron chi connectivity index (χ3n) is 6.38. The Morgan fingerprint density at radius 3 is 2.61 bits per heavy atom. The van der Waals surface area contributed by atoms with Gasteiger partial charge in [-0.2, -0.15) is 5.10 Å². The molecule has 28 heavy (non-hydrogen) atoms. The minimum atomic E-state index is 0.575. The van der Waals surface area contributed by atoms with E-state index in [9.17, 15) is 0 Å². The predicted octanol–water partition coefficient (Wildman–Crippen LogP) is 4.26. The zero-order chi connectivity index (χ0) is 18.9. The van der Waals surface area contributed by atoms with Crippen LogP contribution in [0.3, 0.4) is 0 Å². The SMILES string of the molecule is Cc1ccc(-c2[nH]ncc2CNC2CC3CCC(C2)N3Cc2ccccc2)o1. The second-order valence-corrected chi connectivity index (χ2v) is 8.27. The number of nitrogens with zero attached hydrogens (tertiary/aromatic N) is 2. The van der Waals surface area contributed by atoms with Crippen LogP contribution in [0.5, 0.6) is 0 Å². The van der Waals surface area contributed by atoms with Crippen molar-refractivity contribution < 1.29 is 4.42 Å². The van der Waals surface area contributed by atoms with E-state index >= 15 is 0 Å². The van der Waals surface area contributed by atoms with Crippen LogP contribution in [-0.2, 0) is 13.1 Å². The van der Waals surface area contributed by atoms with E-state index in [4.69, 9.17) is 4.42 Å². The van der Waals surface area contributed by atoms with E-state index in [2.05, 4.69) is 50.7 Å². The van der Waals surface area contributed by atoms with Gasteiger partial charge >= 0.3 is 0 Å². The van der Waals surface area contributed by atoms with E-state index in [0.29, 0.717) is 18.1 Å². The Kier molecular flexibility index (Phi) is 4.79. The Bertz CT molecular complexity index is 902. The first kappa shape index (κ1) is 17.7. The van der Waals surface area contributed by atoms with E-state index in [1.54, 1.807) is 0 Å². The highest BCUT2D eigenvalue weighted by molar-refractivity contribution is 5.56. The van der Waals surface area contributed by atoms with E-state index in [1.165, 1.54) is 36.8 Å². The topological polar surface area (TPSA) is 57.1 Å². The Morgan fingerprint density at radius 2 is 1.89 bits per heavy atom. The summed E-state index contributed by atoms with van der Waals surface area (Å²) in [5.74, 6) is 1.79. The van der Waals surface area contributed by atoms with Gasteiger partial charge in [0.15, 0.2) is 5.76 Å². The molecule has 0 aliphatic carbocycles. The van der Waals surface area contributed by atoms with E-state index in [0.717, 1.165) is 30.3 Å². The van der Waals surface area contributed by atoms with Crippen molar-refractivity contribution in [2.45, 2.75) is 63.8 Å². The molecule has 5 rings (SSSR count). The monoisotopic (exact) mass is 376 g/mol. The van der Waals surface area contributed by atoms with Crippen molar-refractivity contribution >= 4 is 0 Å². The van der Waals surface area contributed by atoms with Crippen LogP contribution in [-0.4, -0.2) is 33.2 Å². The van der Waals surface area contributed by atoms with Crippen molar-refractivity contribution in [1.29, 1.82) is 0 Å². The van der Waals surface area contributed by atoms with Gasteiger partial charge in [0, 0.05) is 36.8 Å². The molecule has 0 saturated carbocycles. The Balaban J connectivity index is 1.21. The first-order valence-electron chi connectivity index (χ1n) is 10.4. The fraction of sp³-hybridized carbons (Fsp3) is 0.435. The molecule has 5 heteroatoms. The number of aromatic amines is 1. The fourth-order valence-electron chi connectivity index (χ4n) is 4.97. The molecule has 4 heterocycles. The van der Waals surface area contributed by atoms with Gasteiger partial charge in [-0.1, -0.05) is 30.3 Å². The van der Waals surface area contributed by atoms with E-state index in [-0.39, 0.29) is 0 Å². The number of rotatable bonds is 6. The lowest BCUT2D eigenvalue weighted by Crippen LogP contribution is -2.48. The molecule has 146 valence electrons. The molecule has 0 radical (unpaired) electrons. The number of H-pyrrole nitrogens is 1. The van der Waals surface area contributed by atoms with Crippen molar-refractivity contribution in [2.75, 3.05) is 0 Å². The Morgan fingerprint density at radius 1 is 1.11 bits per heavy atom. The number of aryl methyl sites for hydroxylation is 1. The number of furan rings is 1. The van der Waals surface area contributed by atoms with E-state index < -0.39 is 0 Å². The average Bonchev–Trinajstić information content (AvgIpc) is 3.40. The number of nitrogens with one attached hydrogen (secondary N) is 2. The van der Waals surface area contributed by atoms with Crippen molar-refractivity contribution in [2.24, 2.45) is 0 Å². The van der Waals surface area contributed by atoms with Gasteiger partial charge in [0.2, 0.25) is 0 Å². The van der Waals surface area contributed by atoms with Crippen molar-refractivity contribution in [3.05, 3.63) is 65.5 Å². The first-order valence-corrected chi connectivity index (χ1v) is 10.4. The Labute approximate surface area is 166 Å². The molecule has 5 nitrogen and oxygen atoms in total. The van der Waals surface area contributed by atoms with Crippen molar-refractivity contribution in [1.82, 2.24) is 20.4 Å². The third-order valence-corrected chi connectivity index (χ3v) is 6.38. The summed E-state index contributed by atoms with van der Waals surface area (Å²) in [6.45, 7) is 3.89. The van der Waals surface area contributed by atoms with Crippen LogP contribution in [0.4, 0.5) is 0 Å². The smallest absolute Gasteiger partial charge is 0.152 e. The zero-order valence-electron chi connectivity index (χ0n) is 16.4. The minimum Gasteiger partial charge on any atom is -0.460 e. The van der Waals surface area contributed by atoms with Crippen LogP contribution in [0.25, 0.3) is 11.5 Å². The highest BCUT2D eigenvalue weighted by atomic mass is 16.3. The average molecular weight is 377 g/mol. The third kappa shape index (κ3) is 3.52. The summed E-state index contributed by atoms with van der Waals surface area (Å²) in [5.41, 5.74) is 3.60. The number of fused-ring (bicyclic) bond motifs is 2. The molecule has 2 fully saturated rings. The van der Waals surface area contributed by atoms with Gasteiger partial charge in [0.05, 0.1) is 6.20 Å². The van der Waals surface area contributed by atoms with Gasteiger partial charge in [-0.3, -0.25) is 10.00 Å². The fourth-order valence-corrected chi connectivity index (χ4v) is 4.97. The van der Waals surface area contributed by atoms with Crippen LogP contribution >= 0.6 is 0 Å². The number of aromatic nitrogens is 2. The summed E-state index contributed by atoms with van der Waals surface area (Å²) < 4.78 is 5.77. The molecule has 3 aromatic rings. The second-order valence-electron chi connectivity index (χ2n) is 8.27. The Hall–Kier alpha value is -2.37. The quantitative estimate of drug-likeness (QED) is 0.675. The summed E-state index contributed by atoms with van der Waals surface area (Å²) in [4.78, 5) is 2.74. The molecular weight excluding hydrogens is 348 g/mol. The number of benzene rings is 1. The van der Waals surface area contributed by atoms with Crippen LogP contribution in [0.2, 0.25) is 0 Å². The molecule has 0 amide bonds. The number of hydrogen-bond donors (Lipinski definition) is 2. The molecule has 1 aromatic carbocycles. The normalized spacial score (nSPS) is 24.7. The molecular formula is C23H28N4O. The van der Waals surface area contributed by atoms with Gasteiger partial charge in [-0.15, -0.1) is 0 Å². The first-order chi connectivity index (χ1) is 13.8. The largest absolute Gasteiger partial charge is 0.460 e. The second kappa shape index (κ2) is 7.57. The predicted molar refractivity (Wildman–Crippen MR) is 110 cm³/mol. The molecule has 2 atom stereocenters. The van der Waals surface area contributed by atoms with Crippen molar-refractivity contribution in [3.63, 3.8) is 0 Å². The molecule has 2 aliphatic heterocycles. The van der Waals surface area contributed by atoms with Crippen molar-refractivity contribution in [3.8, 4) is 11.5 Å². The highest BCUT2D eigenvalue weighted by Crippen LogP contribution is 2.37. The van der Waals surface area contributed by atoms with Gasteiger partial charge < -0.3 is 9.73 Å². The lowest BCUT2D eigenvalue weighted by Gasteiger charge is -2.39. The molecule has 2 aromatic heterocycles. The highest BCUT2D eigenvalue weighted by Gasteiger charge is 2.40.